The van der Waals surface area contributed by atoms with Crippen molar-refractivity contribution in [2.24, 2.45) is 5.92 Å². The summed E-state index contributed by atoms with van der Waals surface area (Å²) in [5.41, 5.74) is 0.678. The Morgan fingerprint density at radius 2 is 2.15 bits per heavy atom. The first-order chi connectivity index (χ1) is 12.4. The summed E-state index contributed by atoms with van der Waals surface area (Å²) in [6, 6.07) is 6.98. The summed E-state index contributed by atoms with van der Waals surface area (Å²) in [7, 11) is 0. The van der Waals surface area contributed by atoms with Gasteiger partial charge in [0, 0.05) is 6.04 Å². The van der Waals surface area contributed by atoms with Crippen LogP contribution in [0.4, 0.5) is 0 Å². The van der Waals surface area contributed by atoms with E-state index in [1.165, 1.54) is 12.5 Å². The van der Waals surface area contributed by atoms with Crippen LogP contribution in [0.5, 0.6) is 5.75 Å². The maximum Gasteiger partial charge on any atom is 0.341 e. The van der Waals surface area contributed by atoms with E-state index in [0.29, 0.717) is 21.7 Å². The van der Waals surface area contributed by atoms with Crippen molar-refractivity contribution in [3.8, 4) is 11.8 Å². The Morgan fingerprint density at radius 1 is 1.42 bits per heavy atom. The lowest BCUT2D eigenvalue weighted by atomic mass is 9.86. The zero-order chi connectivity index (χ0) is 19.1. The molecule has 1 aliphatic carbocycles. The number of nitrogens with one attached hydrogen (secondary N) is 1. The van der Waals surface area contributed by atoms with E-state index in [1.54, 1.807) is 18.2 Å². The van der Waals surface area contributed by atoms with Crippen LogP contribution in [-0.2, 0) is 9.59 Å². The molecular weight excluding hydrogens is 400 g/mol. The van der Waals surface area contributed by atoms with Gasteiger partial charge >= 0.3 is 5.97 Å². The van der Waals surface area contributed by atoms with Crippen molar-refractivity contribution in [2.45, 2.75) is 38.6 Å². The zero-order valence-electron chi connectivity index (χ0n) is 14.5. The highest BCUT2D eigenvalue weighted by molar-refractivity contribution is 9.10. The Morgan fingerprint density at radius 3 is 2.77 bits per heavy atom. The highest BCUT2D eigenvalue weighted by Gasteiger charge is 2.24. The lowest BCUT2D eigenvalue weighted by Gasteiger charge is -2.29. The van der Waals surface area contributed by atoms with E-state index in [-0.39, 0.29) is 17.5 Å². The van der Waals surface area contributed by atoms with Crippen LogP contribution in [0.15, 0.2) is 28.2 Å². The Kier molecular flexibility index (Phi) is 7.22. The number of halogens is 1. The second-order valence-corrected chi connectivity index (χ2v) is 7.24. The average Bonchev–Trinajstić information content (AvgIpc) is 2.60. The molecule has 1 aromatic carbocycles. The molecule has 1 aromatic rings. The van der Waals surface area contributed by atoms with Gasteiger partial charge in [-0.15, -0.1) is 0 Å². The molecule has 138 valence electrons. The van der Waals surface area contributed by atoms with Crippen LogP contribution >= 0.6 is 15.9 Å². The summed E-state index contributed by atoms with van der Waals surface area (Å²) in [5.74, 6) is -0.647. The van der Waals surface area contributed by atoms with E-state index in [1.807, 2.05) is 6.07 Å². The highest BCUT2D eigenvalue weighted by Crippen LogP contribution is 2.27. The van der Waals surface area contributed by atoms with Gasteiger partial charge in [-0.3, -0.25) is 4.79 Å². The highest BCUT2D eigenvalue weighted by atomic mass is 79.9. The Bertz CT molecular complexity index is 754. The number of carbonyl (C=O) groups is 2. The number of carboxylic acid groups (broad SMARTS) is 1. The second kappa shape index (κ2) is 9.39. The fraction of sp³-hybridized carbons (Fsp3) is 0.421. The van der Waals surface area contributed by atoms with Gasteiger partial charge in [0.05, 0.1) is 4.47 Å². The average molecular weight is 421 g/mol. The third-order valence-corrected chi connectivity index (χ3v) is 5.03. The molecule has 1 aliphatic rings. The van der Waals surface area contributed by atoms with Gasteiger partial charge in [0.2, 0.25) is 0 Å². The van der Waals surface area contributed by atoms with Crippen LogP contribution < -0.4 is 10.1 Å². The van der Waals surface area contributed by atoms with E-state index in [0.717, 1.165) is 19.3 Å². The van der Waals surface area contributed by atoms with E-state index < -0.39 is 12.6 Å². The summed E-state index contributed by atoms with van der Waals surface area (Å²) in [6.45, 7) is 1.67. The van der Waals surface area contributed by atoms with Gasteiger partial charge in [0.1, 0.15) is 17.4 Å². The van der Waals surface area contributed by atoms with Crippen LogP contribution in [0.2, 0.25) is 0 Å². The minimum atomic E-state index is -1.07. The zero-order valence-corrected chi connectivity index (χ0v) is 16.1. The molecule has 6 nitrogen and oxygen atoms in total. The molecule has 0 heterocycles. The number of rotatable bonds is 6. The van der Waals surface area contributed by atoms with Gasteiger partial charge in [0.15, 0.2) is 6.61 Å². The van der Waals surface area contributed by atoms with E-state index in [9.17, 15) is 14.9 Å². The number of aliphatic carboxylic acids is 1. The van der Waals surface area contributed by atoms with Crippen LogP contribution in [0.25, 0.3) is 6.08 Å². The SMILES string of the molecule is CC1CCCCC1NC(=O)/C(C#N)=C/c1ccc(OCC(=O)O)c(Br)c1. The molecule has 0 saturated heterocycles. The third-order valence-electron chi connectivity index (χ3n) is 4.41. The van der Waals surface area contributed by atoms with Crippen molar-refractivity contribution in [3.05, 3.63) is 33.8 Å². The van der Waals surface area contributed by atoms with Gasteiger partial charge in [-0.1, -0.05) is 25.8 Å². The van der Waals surface area contributed by atoms with Crippen molar-refractivity contribution in [3.63, 3.8) is 0 Å². The molecule has 0 bridgehead atoms. The largest absolute Gasteiger partial charge is 0.481 e. The molecule has 0 aromatic heterocycles. The number of nitriles is 1. The Hall–Kier alpha value is -2.33. The van der Waals surface area contributed by atoms with Gasteiger partial charge in [-0.05, 0) is 58.5 Å². The van der Waals surface area contributed by atoms with E-state index in [4.69, 9.17) is 9.84 Å². The molecule has 26 heavy (non-hydrogen) atoms. The maximum absolute atomic E-state index is 12.4. The molecule has 1 fully saturated rings. The first-order valence-electron chi connectivity index (χ1n) is 8.47. The van der Waals surface area contributed by atoms with Crippen LogP contribution in [0.3, 0.4) is 0 Å². The number of amides is 1. The normalized spacial score (nSPS) is 20.1. The number of ether oxygens (including phenoxy) is 1. The minimum Gasteiger partial charge on any atom is -0.481 e. The maximum atomic E-state index is 12.4. The molecule has 0 radical (unpaired) electrons. The van der Waals surface area contributed by atoms with Crippen molar-refractivity contribution < 1.29 is 19.4 Å². The topological polar surface area (TPSA) is 99.4 Å². The third kappa shape index (κ3) is 5.60. The Balaban J connectivity index is 2.09. The number of benzene rings is 1. The first kappa shape index (κ1) is 20.0. The van der Waals surface area contributed by atoms with Crippen molar-refractivity contribution in [1.29, 1.82) is 5.26 Å². The standard InChI is InChI=1S/C19H21BrN2O4/c1-12-4-2-3-5-16(12)22-19(25)14(10-21)8-13-6-7-17(15(20)9-13)26-11-18(23)24/h6-9,12,16H,2-5,11H2,1H3,(H,22,25)(H,23,24)/b14-8+. The van der Waals surface area contributed by atoms with Crippen LogP contribution in [0.1, 0.15) is 38.2 Å². The molecule has 0 aliphatic heterocycles. The summed E-state index contributed by atoms with van der Waals surface area (Å²) in [4.78, 5) is 23.0. The molecule has 2 unspecified atom stereocenters. The van der Waals surface area contributed by atoms with Gasteiger partial charge in [0.25, 0.3) is 5.91 Å². The summed E-state index contributed by atoms with van der Waals surface area (Å²) >= 11 is 3.30. The summed E-state index contributed by atoms with van der Waals surface area (Å²) in [5, 5.41) is 21.0. The van der Waals surface area contributed by atoms with Gasteiger partial charge in [-0.2, -0.15) is 5.26 Å². The van der Waals surface area contributed by atoms with Crippen molar-refractivity contribution >= 4 is 33.9 Å². The molecule has 1 amide bonds. The Labute approximate surface area is 161 Å². The van der Waals surface area contributed by atoms with Crippen LogP contribution in [-0.4, -0.2) is 29.6 Å². The summed E-state index contributed by atoms with van der Waals surface area (Å²) < 4.78 is 5.68. The molecule has 7 heteroatoms. The van der Waals surface area contributed by atoms with E-state index >= 15 is 0 Å². The minimum absolute atomic E-state index is 0.0360. The number of carboxylic acids is 1. The predicted molar refractivity (Wildman–Crippen MR) is 100 cm³/mol. The number of carbonyl (C=O) groups excluding carboxylic acids is 1. The molecule has 0 spiro atoms. The van der Waals surface area contributed by atoms with Crippen molar-refractivity contribution in [1.82, 2.24) is 5.32 Å². The monoisotopic (exact) mass is 420 g/mol. The van der Waals surface area contributed by atoms with Gasteiger partial charge < -0.3 is 15.2 Å². The molecule has 2 N–H and O–H groups in total. The number of hydrogen-bond donors (Lipinski definition) is 2. The molecule has 2 rings (SSSR count). The van der Waals surface area contributed by atoms with Crippen molar-refractivity contribution in [2.75, 3.05) is 6.61 Å². The fourth-order valence-electron chi connectivity index (χ4n) is 2.96. The first-order valence-corrected chi connectivity index (χ1v) is 9.27. The van der Waals surface area contributed by atoms with Gasteiger partial charge in [-0.25, -0.2) is 4.79 Å². The fourth-order valence-corrected chi connectivity index (χ4v) is 3.47. The van der Waals surface area contributed by atoms with E-state index in [2.05, 4.69) is 28.2 Å². The second-order valence-electron chi connectivity index (χ2n) is 6.38. The lowest BCUT2D eigenvalue weighted by molar-refractivity contribution is -0.139. The quantitative estimate of drug-likeness (QED) is 0.541. The number of hydrogen-bond acceptors (Lipinski definition) is 4. The lowest BCUT2D eigenvalue weighted by Crippen LogP contribution is -2.41. The molecule has 1 saturated carbocycles. The smallest absolute Gasteiger partial charge is 0.341 e. The van der Waals surface area contributed by atoms with Crippen LogP contribution in [0, 0.1) is 17.2 Å². The predicted octanol–water partition coefficient (Wildman–Crippen LogP) is 3.51. The molecule has 2 atom stereocenters. The summed E-state index contributed by atoms with van der Waals surface area (Å²) in [6.07, 6.45) is 5.80. The number of nitrogens with zero attached hydrogens (tertiary/aromatic N) is 1. The molecular formula is C19H21BrN2O4.